The first kappa shape index (κ1) is 16.6. The minimum absolute atomic E-state index is 0.0119. The van der Waals surface area contributed by atoms with Gasteiger partial charge in [0.05, 0.1) is 11.3 Å². The summed E-state index contributed by atoms with van der Waals surface area (Å²) in [6, 6.07) is 3.51. The zero-order valence-corrected chi connectivity index (χ0v) is 14.7. The molecular formula is C19H21N5O2. The topological polar surface area (TPSA) is 79.3 Å². The molecule has 3 fully saturated rings. The standard InChI is InChI=1S/C19H21N5O2/c1-13-17(8-21-12-22-13)19(26)24-10-14-2-3-16(24)11-23(9-14)18(25)15-4-6-20-7-5-15/h4-8,12,14,16H,2-3,9-11H2,1H3/t14-,16+/m1/s1. The van der Waals surface area contributed by atoms with Crippen LogP contribution in [-0.4, -0.2) is 62.2 Å². The van der Waals surface area contributed by atoms with Crippen LogP contribution in [0.25, 0.3) is 0 Å². The van der Waals surface area contributed by atoms with Gasteiger partial charge in [0.25, 0.3) is 11.8 Å². The van der Waals surface area contributed by atoms with Gasteiger partial charge in [-0.05, 0) is 37.8 Å². The number of fused-ring (bicyclic) bond motifs is 4. The molecular weight excluding hydrogens is 330 g/mol. The highest BCUT2D eigenvalue weighted by atomic mass is 16.2. The summed E-state index contributed by atoms with van der Waals surface area (Å²) in [5.41, 5.74) is 1.88. The molecule has 5 rings (SSSR count). The molecule has 5 heterocycles. The second kappa shape index (κ2) is 6.82. The van der Waals surface area contributed by atoms with E-state index in [0.717, 1.165) is 12.8 Å². The van der Waals surface area contributed by atoms with Crippen LogP contribution < -0.4 is 0 Å². The van der Waals surface area contributed by atoms with Crippen LogP contribution in [0.1, 0.15) is 39.3 Å². The van der Waals surface area contributed by atoms with Crippen molar-refractivity contribution in [1.29, 1.82) is 0 Å². The fourth-order valence-electron chi connectivity index (χ4n) is 3.93. The largest absolute Gasteiger partial charge is 0.336 e. The summed E-state index contributed by atoms with van der Waals surface area (Å²) in [4.78, 5) is 41.8. The van der Waals surface area contributed by atoms with E-state index in [9.17, 15) is 9.59 Å². The lowest BCUT2D eigenvalue weighted by Gasteiger charge is -2.36. The number of carbonyl (C=O) groups excluding carboxylic acids is 2. The molecule has 0 aliphatic carbocycles. The summed E-state index contributed by atoms with van der Waals surface area (Å²) in [6.07, 6.45) is 8.27. The number of amides is 2. The van der Waals surface area contributed by atoms with E-state index >= 15 is 0 Å². The molecule has 7 nitrogen and oxygen atoms in total. The van der Waals surface area contributed by atoms with E-state index in [1.807, 2.05) is 16.7 Å². The van der Waals surface area contributed by atoms with Crippen molar-refractivity contribution < 1.29 is 9.59 Å². The van der Waals surface area contributed by atoms with Crippen LogP contribution >= 0.6 is 0 Å². The van der Waals surface area contributed by atoms with E-state index in [0.29, 0.717) is 42.4 Å². The zero-order chi connectivity index (χ0) is 18.1. The lowest BCUT2D eigenvalue weighted by atomic mass is 9.94. The highest BCUT2D eigenvalue weighted by molar-refractivity contribution is 5.96. The molecule has 2 atom stereocenters. The molecule has 134 valence electrons. The van der Waals surface area contributed by atoms with E-state index in [4.69, 9.17) is 0 Å². The number of hydrogen-bond donors (Lipinski definition) is 0. The van der Waals surface area contributed by atoms with Crippen molar-refractivity contribution in [3.63, 3.8) is 0 Å². The maximum Gasteiger partial charge on any atom is 0.257 e. The lowest BCUT2D eigenvalue weighted by Crippen LogP contribution is -2.48. The fraction of sp³-hybridized carbons (Fsp3) is 0.421. The molecule has 0 radical (unpaired) electrons. The molecule has 3 saturated heterocycles. The van der Waals surface area contributed by atoms with Gasteiger partial charge in [-0.3, -0.25) is 14.6 Å². The Morgan fingerprint density at radius 2 is 1.85 bits per heavy atom. The van der Waals surface area contributed by atoms with Gasteiger partial charge in [-0.25, -0.2) is 9.97 Å². The number of hydrogen-bond acceptors (Lipinski definition) is 5. The van der Waals surface area contributed by atoms with Crippen LogP contribution in [0.2, 0.25) is 0 Å². The number of rotatable bonds is 2. The monoisotopic (exact) mass is 351 g/mol. The number of piperidine rings is 1. The van der Waals surface area contributed by atoms with E-state index in [1.165, 1.54) is 6.33 Å². The second-order valence-electron chi connectivity index (χ2n) is 7.02. The molecule has 26 heavy (non-hydrogen) atoms. The van der Waals surface area contributed by atoms with Crippen molar-refractivity contribution in [2.45, 2.75) is 25.8 Å². The Morgan fingerprint density at radius 1 is 1.04 bits per heavy atom. The summed E-state index contributed by atoms with van der Waals surface area (Å²) in [5.74, 6) is 0.280. The molecule has 2 aromatic rings. The van der Waals surface area contributed by atoms with Crippen LogP contribution in [0.5, 0.6) is 0 Å². The van der Waals surface area contributed by atoms with Crippen molar-refractivity contribution in [2.24, 2.45) is 5.92 Å². The van der Waals surface area contributed by atoms with Crippen molar-refractivity contribution in [3.8, 4) is 0 Å². The zero-order valence-electron chi connectivity index (χ0n) is 14.7. The van der Waals surface area contributed by atoms with Crippen LogP contribution in [0.15, 0.2) is 37.1 Å². The number of aromatic nitrogens is 3. The Morgan fingerprint density at radius 3 is 2.62 bits per heavy atom. The van der Waals surface area contributed by atoms with Gasteiger partial charge < -0.3 is 9.80 Å². The highest BCUT2D eigenvalue weighted by Crippen LogP contribution is 2.30. The van der Waals surface area contributed by atoms with Gasteiger partial charge in [0.1, 0.15) is 6.33 Å². The van der Waals surface area contributed by atoms with E-state index in [1.54, 1.807) is 30.7 Å². The van der Waals surface area contributed by atoms with Gasteiger partial charge >= 0.3 is 0 Å². The van der Waals surface area contributed by atoms with Crippen molar-refractivity contribution in [3.05, 3.63) is 53.9 Å². The quantitative estimate of drug-likeness (QED) is 0.820. The second-order valence-corrected chi connectivity index (χ2v) is 7.02. The van der Waals surface area contributed by atoms with Crippen molar-refractivity contribution >= 4 is 11.8 Å². The molecule has 2 bridgehead atoms. The van der Waals surface area contributed by atoms with Crippen LogP contribution in [0.4, 0.5) is 0 Å². The molecule has 3 aliphatic heterocycles. The van der Waals surface area contributed by atoms with Crippen molar-refractivity contribution in [1.82, 2.24) is 24.8 Å². The number of aryl methyl sites for hydroxylation is 1. The molecule has 2 aromatic heterocycles. The summed E-state index contributed by atoms with van der Waals surface area (Å²) in [5, 5.41) is 0. The Hall–Kier alpha value is -2.83. The summed E-state index contributed by atoms with van der Waals surface area (Å²) in [6.45, 7) is 3.75. The predicted octanol–water partition coefficient (Wildman–Crippen LogP) is 1.56. The molecule has 0 spiro atoms. The van der Waals surface area contributed by atoms with Crippen molar-refractivity contribution in [2.75, 3.05) is 19.6 Å². The first-order valence-corrected chi connectivity index (χ1v) is 8.90. The molecule has 2 amide bonds. The number of nitrogens with zero attached hydrogens (tertiary/aromatic N) is 5. The molecule has 0 aromatic carbocycles. The first-order chi connectivity index (χ1) is 12.6. The Balaban J connectivity index is 1.56. The van der Waals surface area contributed by atoms with Gasteiger partial charge in [-0.1, -0.05) is 0 Å². The van der Waals surface area contributed by atoms with E-state index in [-0.39, 0.29) is 17.9 Å². The normalized spacial score (nSPS) is 22.2. The average Bonchev–Trinajstić information content (AvgIpc) is 3.00. The smallest absolute Gasteiger partial charge is 0.257 e. The third-order valence-electron chi connectivity index (χ3n) is 5.33. The Labute approximate surface area is 152 Å². The number of carbonyl (C=O) groups is 2. The van der Waals surface area contributed by atoms with Crippen LogP contribution in [0.3, 0.4) is 0 Å². The SMILES string of the molecule is Cc1ncncc1C(=O)N1C[C@@H]2CC[C@H]1CN(C(=O)c1ccncc1)C2. The molecule has 3 aliphatic rings. The molecule has 0 unspecified atom stereocenters. The van der Waals surface area contributed by atoms with Gasteiger partial charge in [0.15, 0.2) is 0 Å². The molecule has 0 saturated carbocycles. The third-order valence-corrected chi connectivity index (χ3v) is 5.33. The minimum Gasteiger partial charge on any atom is -0.336 e. The molecule has 7 heteroatoms. The average molecular weight is 351 g/mol. The predicted molar refractivity (Wildman–Crippen MR) is 94.5 cm³/mol. The van der Waals surface area contributed by atoms with Gasteiger partial charge in [-0.15, -0.1) is 0 Å². The third kappa shape index (κ3) is 3.05. The maximum atomic E-state index is 13.0. The minimum atomic E-state index is -0.0315. The van der Waals surface area contributed by atoms with E-state index < -0.39 is 0 Å². The maximum absolute atomic E-state index is 13.0. The van der Waals surface area contributed by atoms with E-state index in [2.05, 4.69) is 15.0 Å². The lowest BCUT2D eigenvalue weighted by molar-refractivity contribution is 0.0572. The fourth-order valence-corrected chi connectivity index (χ4v) is 3.93. The van der Waals surface area contributed by atoms with Crippen LogP contribution in [-0.2, 0) is 0 Å². The number of pyridine rings is 1. The van der Waals surface area contributed by atoms with Gasteiger partial charge in [0.2, 0.25) is 0 Å². The van der Waals surface area contributed by atoms with Gasteiger partial charge in [-0.2, -0.15) is 0 Å². The summed E-state index contributed by atoms with van der Waals surface area (Å²) >= 11 is 0. The Kier molecular flexibility index (Phi) is 4.36. The Bertz CT molecular complexity index is 826. The van der Waals surface area contributed by atoms with Crippen LogP contribution in [0, 0.1) is 12.8 Å². The molecule has 0 N–H and O–H groups in total. The first-order valence-electron chi connectivity index (χ1n) is 8.90. The highest BCUT2D eigenvalue weighted by Gasteiger charge is 2.39. The summed E-state index contributed by atoms with van der Waals surface area (Å²) < 4.78 is 0. The summed E-state index contributed by atoms with van der Waals surface area (Å²) in [7, 11) is 0. The van der Waals surface area contributed by atoms with Gasteiger partial charge in [0, 0.05) is 49.8 Å².